The van der Waals surface area contributed by atoms with Crippen LogP contribution in [-0.2, 0) is 14.3 Å². The van der Waals surface area contributed by atoms with Gasteiger partial charge in [0.1, 0.15) is 11.5 Å². The monoisotopic (exact) mass is 440 g/mol. The summed E-state index contributed by atoms with van der Waals surface area (Å²) in [5, 5.41) is 8.70. The average molecular weight is 441 g/mol. The third-order valence-corrected chi connectivity index (χ3v) is 4.38. The minimum Gasteiger partial charge on any atom is -0.481 e. The van der Waals surface area contributed by atoms with Crippen molar-refractivity contribution in [2.75, 3.05) is 26.8 Å². The number of carboxylic acids is 1. The Morgan fingerprint density at radius 3 is 2.03 bits per heavy atom. The lowest BCUT2D eigenvalue weighted by Gasteiger charge is -2.11. The van der Waals surface area contributed by atoms with Crippen LogP contribution in [0.1, 0.15) is 49.8 Å². The topological polar surface area (TPSA) is 74.2 Å². The molecule has 0 unspecified atom stereocenters. The van der Waals surface area contributed by atoms with Crippen LogP contribution in [0.15, 0.2) is 48.5 Å². The maximum Gasteiger partial charge on any atom is 0.303 e. The highest BCUT2D eigenvalue weighted by molar-refractivity contribution is 5.72. The molecule has 172 valence electrons. The summed E-state index contributed by atoms with van der Waals surface area (Å²) in [4.78, 5) is 10.6. The largest absolute Gasteiger partial charge is 0.481 e. The summed E-state index contributed by atoms with van der Waals surface area (Å²) in [5.74, 6) is 0.555. The first-order chi connectivity index (χ1) is 15.6. The molecule has 0 heterocycles. The Morgan fingerprint density at radius 2 is 1.44 bits per heavy atom. The van der Waals surface area contributed by atoms with Gasteiger partial charge in [-0.1, -0.05) is 42.5 Å². The molecule has 1 N–H and O–H groups in total. The maximum absolute atomic E-state index is 10.6. The van der Waals surface area contributed by atoms with E-state index in [4.69, 9.17) is 24.1 Å². The van der Waals surface area contributed by atoms with Crippen LogP contribution in [0, 0.1) is 0 Å². The Hall–Kier alpha value is -3.09. The normalized spacial score (nSPS) is 11.3. The van der Waals surface area contributed by atoms with Gasteiger partial charge < -0.3 is 24.1 Å². The highest BCUT2D eigenvalue weighted by Crippen LogP contribution is 2.25. The molecule has 0 saturated heterocycles. The fraction of sp³-hybridized carbons (Fsp3) is 0.346. The van der Waals surface area contributed by atoms with Gasteiger partial charge in [0.2, 0.25) is 0 Å². The Balaban J connectivity index is 2.07. The van der Waals surface area contributed by atoms with Crippen LogP contribution in [-0.4, -0.2) is 37.9 Å². The van der Waals surface area contributed by atoms with Crippen molar-refractivity contribution < 1.29 is 28.8 Å². The zero-order chi connectivity index (χ0) is 23.0. The van der Waals surface area contributed by atoms with Crippen LogP contribution in [0.3, 0.4) is 0 Å². The van der Waals surface area contributed by atoms with E-state index in [0.29, 0.717) is 31.1 Å². The molecule has 6 nitrogen and oxygen atoms in total. The molecule has 6 heteroatoms. The smallest absolute Gasteiger partial charge is 0.303 e. The first-order valence-electron chi connectivity index (χ1n) is 10.8. The minimum absolute atomic E-state index is 0.176. The van der Waals surface area contributed by atoms with Gasteiger partial charge in [0.25, 0.3) is 0 Å². The van der Waals surface area contributed by atoms with E-state index < -0.39 is 5.97 Å². The van der Waals surface area contributed by atoms with Crippen LogP contribution < -0.4 is 9.47 Å². The number of ether oxygens (including phenoxy) is 4. The number of unbranched alkanes of at least 4 members (excludes halogenated alkanes) is 1. The van der Waals surface area contributed by atoms with E-state index in [1.165, 1.54) is 0 Å². The minimum atomic E-state index is -0.760. The van der Waals surface area contributed by atoms with Gasteiger partial charge in [0.15, 0.2) is 13.6 Å². The van der Waals surface area contributed by atoms with Crippen molar-refractivity contribution in [3.8, 4) is 11.5 Å². The van der Waals surface area contributed by atoms with E-state index in [-0.39, 0.29) is 20.0 Å². The fourth-order valence-electron chi connectivity index (χ4n) is 2.79. The molecule has 0 aliphatic rings. The average Bonchev–Trinajstić information content (AvgIpc) is 2.78. The van der Waals surface area contributed by atoms with Crippen molar-refractivity contribution >= 4 is 24.2 Å². The van der Waals surface area contributed by atoms with Crippen LogP contribution in [0.4, 0.5) is 0 Å². The number of rotatable bonds is 15. The maximum atomic E-state index is 10.6. The highest BCUT2D eigenvalue weighted by Gasteiger charge is 2.03. The van der Waals surface area contributed by atoms with Crippen molar-refractivity contribution in [2.45, 2.75) is 33.1 Å². The summed E-state index contributed by atoms with van der Waals surface area (Å²) in [5.41, 5.74) is 3.05. The molecule has 32 heavy (non-hydrogen) atoms. The lowest BCUT2D eigenvalue weighted by atomic mass is 10.1. The molecule has 0 spiro atoms. The number of benzene rings is 2. The van der Waals surface area contributed by atoms with Gasteiger partial charge in [-0.15, -0.1) is 0 Å². The first kappa shape index (κ1) is 25.2. The van der Waals surface area contributed by atoms with Crippen molar-refractivity contribution in [3.63, 3.8) is 0 Å². The van der Waals surface area contributed by atoms with Crippen molar-refractivity contribution in [3.05, 3.63) is 65.2 Å². The summed E-state index contributed by atoms with van der Waals surface area (Å²) in [6.45, 7) is 5.34. The van der Waals surface area contributed by atoms with Crippen molar-refractivity contribution in [1.29, 1.82) is 0 Å². The second kappa shape index (κ2) is 14.8. The summed E-state index contributed by atoms with van der Waals surface area (Å²) >= 11 is 0. The predicted octanol–water partition coefficient (Wildman–Crippen LogP) is 5.87. The third kappa shape index (κ3) is 10.3. The van der Waals surface area contributed by atoms with Gasteiger partial charge >= 0.3 is 5.97 Å². The van der Waals surface area contributed by atoms with Gasteiger partial charge in [-0.05, 0) is 61.6 Å². The fourth-order valence-corrected chi connectivity index (χ4v) is 2.79. The Kier molecular flexibility index (Phi) is 11.7. The van der Waals surface area contributed by atoms with Gasteiger partial charge in [-0.2, -0.15) is 0 Å². The Labute approximate surface area is 190 Å². The molecular weight excluding hydrogens is 408 g/mol. The lowest BCUT2D eigenvalue weighted by molar-refractivity contribution is -0.137. The molecule has 2 aromatic rings. The molecule has 0 aliphatic carbocycles. The van der Waals surface area contributed by atoms with Crippen LogP contribution in [0.2, 0.25) is 0 Å². The lowest BCUT2D eigenvalue weighted by Crippen LogP contribution is -2.04. The summed E-state index contributed by atoms with van der Waals surface area (Å²) in [7, 11) is 0. The van der Waals surface area contributed by atoms with E-state index >= 15 is 0 Å². The Bertz CT molecular complexity index is 859. The van der Waals surface area contributed by atoms with Crippen LogP contribution >= 0.6 is 0 Å². The molecule has 0 saturated carbocycles. The second-order valence-corrected chi connectivity index (χ2v) is 6.94. The number of allylic oxidation sites excluding steroid dienone is 1. The number of hydrogen-bond donors (Lipinski definition) is 1. The predicted molar refractivity (Wildman–Crippen MR) is 127 cm³/mol. The molecule has 0 atom stereocenters. The third-order valence-electron chi connectivity index (χ3n) is 4.38. The molecule has 0 aliphatic heterocycles. The van der Waals surface area contributed by atoms with Crippen LogP contribution in [0.25, 0.3) is 18.2 Å². The number of carboxylic acid groups (broad SMARTS) is 1. The quantitative estimate of drug-likeness (QED) is 0.212. The number of aliphatic carboxylic acids is 1. The number of carbonyl (C=O) groups is 1. The highest BCUT2D eigenvalue weighted by atomic mass is 16.7. The van der Waals surface area contributed by atoms with E-state index in [0.717, 1.165) is 23.1 Å². The summed E-state index contributed by atoms with van der Waals surface area (Å²) in [6.07, 6.45) is 9.61. The summed E-state index contributed by atoms with van der Waals surface area (Å²) < 4.78 is 21.9. The summed E-state index contributed by atoms with van der Waals surface area (Å²) in [6, 6.07) is 13.8. The van der Waals surface area contributed by atoms with Gasteiger partial charge in [-0.3, -0.25) is 4.79 Å². The standard InChI is InChI=1S/C26H32O6/c1-3-29-19-31-24-16-23(17-25(18-24)32-20-30-4-2)14-13-22-11-8-10-21(15-22)9-6-5-7-12-26(27)28/h6,8-11,13-18H,3-5,7,12,19-20H2,1-2H3,(H,27,28)/b9-6+,14-13+. The van der Waals surface area contributed by atoms with Gasteiger partial charge in [-0.25, -0.2) is 0 Å². The SMILES string of the molecule is CCOCOc1cc(/C=C/c2cccc(/C=C/CCCC(=O)O)c2)cc(OCOCC)c1. The van der Waals surface area contributed by atoms with Crippen molar-refractivity contribution in [1.82, 2.24) is 0 Å². The molecule has 0 radical (unpaired) electrons. The first-order valence-corrected chi connectivity index (χ1v) is 10.8. The van der Waals surface area contributed by atoms with E-state index in [1.807, 2.05) is 74.5 Å². The molecule has 2 aromatic carbocycles. The molecule has 2 rings (SSSR count). The molecule has 0 fully saturated rings. The molecule has 0 aromatic heterocycles. The zero-order valence-electron chi connectivity index (χ0n) is 18.8. The van der Waals surface area contributed by atoms with Crippen molar-refractivity contribution in [2.24, 2.45) is 0 Å². The number of hydrogen-bond acceptors (Lipinski definition) is 5. The molecule has 0 bridgehead atoms. The van der Waals surface area contributed by atoms with Crippen LogP contribution in [0.5, 0.6) is 11.5 Å². The zero-order valence-corrected chi connectivity index (χ0v) is 18.8. The molecular formula is C26H32O6. The van der Waals surface area contributed by atoms with Gasteiger partial charge in [0.05, 0.1) is 0 Å². The Morgan fingerprint density at radius 1 is 0.844 bits per heavy atom. The van der Waals surface area contributed by atoms with E-state index in [1.54, 1.807) is 0 Å². The second-order valence-electron chi connectivity index (χ2n) is 6.94. The van der Waals surface area contributed by atoms with E-state index in [2.05, 4.69) is 6.07 Å². The van der Waals surface area contributed by atoms with Gasteiger partial charge in [0, 0.05) is 25.7 Å². The van der Waals surface area contributed by atoms with E-state index in [9.17, 15) is 4.79 Å². The molecule has 0 amide bonds.